The molecule has 26 heavy (non-hydrogen) atoms. The minimum atomic E-state index is 0.760. The Morgan fingerprint density at radius 3 is 2.38 bits per heavy atom. The van der Waals surface area contributed by atoms with Gasteiger partial charge in [0.25, 0.3) is 0 Å². The molecule has 0 radical (unpaired) electrons. The molecule has 4 rings (SSSR count). The average Bonchev–Trinajstić information content (AvgIpc) is 2.69. The highest BCUT2D eigenvalue weighted by molar-refractivity contribution is 5.50. The van der Waals surface area contributed by atoms with Crippen molar-refractivity contribution < 1.29 is 0 Å². The lowest BCUT2D eigenvalue weighted by atomic mass is 9.90. The highest BCUT2D eigenvalue weighted by Gasteiger charge is 2.22. The molecule has 0 bridgehead atoms. The highest BCUT2D eigenvalue weighted by atomic mass is 15.2. The fraction of sp³-hybridized carbons (Fsp3) is 0.545. The van der Waals surface area contributed by atoms with Gasteiger partial charge >= 0.3 is 0 Å². The largest absolute Gasteiger partial charge is 0.356 e. The van der Waals surface area contributed by atoms with Crippen LogP contribution < -0.4 is 9.80 Å². The van der Waals surface area contributed by atoms with Crippen LogP contribution >= 0.6 is 0 Å². The van der Waals surface area contributed by atoms with Crippen molar-refractivity contribution in [3.05, 3.63) is 48.3 Å². The summed E-state index contributed by atoms with van der Waals surface area (Å²) in [5.41, 5.74) is 1.47. The Morgan fingerprint density at radius 1 is 0.923 bits per heavy atom. The summed E-state index contributed by atoms with van der Waals surface area (Å²) in [6.07, 6.45) is 8.05. The lowest BCUT2D eigenvalue weighted by Gasteiger charge is -2.34. The number of hydrogen-bond donors (Lipinski definition) is 0. The summed E-state index contributed by atoms with van der Waals surface area (Å²) in [5.74, 6) is 3.76. The predicted molar refractivity (Wildman–Crippen MR) is 108 cm³/mol. The van der Waals surface area contributed by atoms with E-state index in [1.165, 1.54) is 37.7 Å². The van der Waals surface area contributed by atoms with E-state index >= 15 is 0 Å². The molecular formula is C22H30N4. The van der Waals surface area contributed by atoms with Gasteiger partial charge in [0.1, 0.15) is 18.0 Å². The smallest absolute Gasteiger partial charge is 0.134 e. The second kappa shape index (κ2) is 8.07. The third-order valence-corrected chi connectivity index (χ3v) is 5.92. The number of benzene rings is 1. The van der Waals surface area contributed by atoms with Gasteiger partial charge in [-0.3, -0.25) is 0 Å². The van der Waals surface area contributed by atoms with Crippen LogP contribution in [-0.2, 0) is 6.42 Å². The van der Waals surface area contributed by atoms with Gasteiger partial charge in [0.2, 0.25) is 0 Å². The number of aromatic nitrogens is 2. The second-order valence-corrected chi connectivity index (χ2v) is 8.05. The van der Waals surface area contributed by atoms with E-state index in [0.29, 0.717) is 0 Å². The molecule has 2 saturated heterocycles. The van der Waals surface area contributed by atoms with Gasteiger partial charge in [-0.1, -0.05) is 37.3 Å². The molecule has 138 valence electrons. The SMILES string of the molecule is CC1CCCN(c2cc(N3CCC(Cc4ccccc4)CC3)ncn2)C1. The lowest BCUT2D eigenvalue weighted by molar-refractivity contribution is 0.402. The summed E-state index contributed by atoms with van der Waals surface area (Å²) in [5, 5.41) is 0. The van der Waals surface area contributed by atoms with Gasteiger partial charge in [-0.2, -0.15) is 0 Å². The number of hydrogen-bond acceptors (Lipinski definition) is 4. The van der Waals surface area contributed by atoms with E-state index in [1.54, 1.807) is 6.33 Å². The second-order valence-electron chi connectivity index (χ2n) is 8.05. The molecule has 3 heterocycles. The summed E-state index contributed by atoms with van der Waals surface area (Å²) in [7, 11) is 0. The van der Waals surface area contributed by atoms with Gasteiger partial charge in [-0.05, 0) is 49.5 Å². The van der Waals surface area contributed by atoms with Crippen LogP contribution in [0.25, 0.3) is 0 Å². The Bertz CT molecular complexity index is 694. The first kappa shape index (κ1) is 17.3. The Hall–Kier alpha value is -2.10. The molecule has 0 amide bonds. The van der Waals surface area contributed by atoms with Gasteiger partial charge in [0.05, 0.1) is 0 Å². The number of rotatable bonds is 4. The van der Waals surface area contributed by atoms with Crippen molar-refractivity contribution >= 4 is 11.6 Å². The maximum Gasteiger partial charge on any atom is 0.134 e. The third-order valence-electron chi connectivity index (χ3n) is 5.92. The van der Waals surface area contributed by atoms with E-state index in [1.807, 2.05) is 0 Å². The van der Waals surface area contributed by atoms with E-state index in [9.17, 15) is 0 Å². The number of piperidine rings is 2. The maximum atomic E-state index is 4.57. The van der Waals surface area contributed by atoms with Crippen molar-refractivity contribution in [1.29, 1.82) is 0 Å². The molecule has 0 spiro atoms. The van der Waals surface area contributed by atoms with Gasteiger partial charge in [0, 0.05) is 32.2 Å². The van der Waals surface area contributed by atoms with E-state index < -0.39 is 0 Å². The zero-order valence-electron chi connectivity index (χ0n) is 15.8. The topological polar surface area (TPSA) is 32.3 Å². The van der Waals surface area contributed by atoms with Crippen LogP contribution in [0, 0.1) is 11.8 Å². The van der Waals surface area contributed by atoms with Crippen molar-refractivity contribution in [2.24, 2.45) is 11.8 Å². The third kappa shape index (κ3) is 4.17. The number of anilines is 2. The fourth-order valence-corrected chi connectivity index (χ4v) is 4.39. The van der Waals surface area contributed by atoms with Gasteiger partial charge < -0.3 is 9.80 Å². The lowest BCUT2D eigenvalue weighted by Crippen LogP contribution is -2.36. The van der Waals surface area contributed by atoms with E-state index in [2.05, 4.69) is 63.1 Å². The Balaban J connectivity index is 1.36. The van der Waals surface area contributed by atoms with E-state index in [0.717, 1.165) is 49.7 Å². The summed E-state index contributed by atoms with van der Waals surface area (Å²) in [4.78, 5) is 14.0. The first-order valence-electron chi connectivity index (χ1n) is 10.1. The molecule has 1 aromatic heterocycles. The van der Waals surface area contributed by atoms with Crippen LogP contribution in [0.2, 0.25) is 0 Å². The molecule has 0 aliphatic carbocycles. The first-order valence-corrected chi connectivity index (χ1v) is 10.1. The van der Waals surface area contributed by atoms with Crippen molar-refractivity contribution in [3.8, 4) is 0 Å². The molecule has 4 nitrogen and oxygen atoms in total. The van der Waals surface area contributed by atoms with Crippen LogP contribution in [-0.4, -0.2) is 36.1 Å². The molecule has 0 N–H and O–H groups in total. The minimum Gasteiger partial charge on any atom is -0.356 e. The van der Waals surface area contributed by atoms with Crippen LogP contribution in [0.3, 0.4) is 0 Å². The Labute approximate surface area is 157 Å². The minimum absolute atomic E-state index is 0.760. The molecule has 2 aliphatic rings. The maximum absolute atomic E-state index is 4.57. The number of nitrogens with zero attached hydrogens (tertiary/aromatic N) is 4. The molecule has 0 saturated carbocycles. The Morgan fingerprint density at radius 2 is 1.65 bits per heavy atom. The average molecular weight is 351 g/mol. The Kier molecular flexibility index (Phi) is 5.37. The summed E-state index contributed by atoms with van der Waals surface area (Å²) in [6, 6.07) is 13.1. The zero-order valence-corrected chi connectivity index (χ0v) is 15.8. The van der Waals surface area contributed by atoms with Crippen molar-refractivity contribution in [2.45, 2.75) is 39.0 Å². The first-order chi connectivity index (χ1) is 12.8. The van der Waals surface area contributed by atoms with Gasteiger partial charge in [-0.15, -0.1) is 0 Å². The molecule has 1 unspecified atom stereocenters. The van der Waals surface area contributed by atoms with Crippen molar-refractivity contribution in [1.82, 2.24) is 9.97 Å². The molecule has 1 atom stereocenters. The van der Waals surface area contributed by atoms with Crippen molar-refractivity contribution in [3.63, 3.8) is 0 Å². The quantitative estimate of drug-likeness (QED) is 0.828. The summed E-state index contributed by atoms with van der Waals surface area (Å²) >= 11 is 0. The predicted octanol–water partition coefficient (Wildman–Crippen LogP) is 4.17. The van der Waals surface area contributed by atoms with Crippen LogP contribution in [0.15, 0.2) is 42.7 Å². The molecule has 2 fully saturated rings. The summed E-state index contributed by atoms with van der Waals surface area (Å²) in [6.45, 7) is 6.79. The van der Waals surface area contributed by atoms with Gasteiger partial charge in [-0.25, -0.2) is 9.97 Å². The van der Waals surface area contributed by atoms with Gasteiger partial charge in [0.15, 0.2) is 0 Å². The summed E-state index contributed by atoms with van der Waals surface area (Å²) < 4.78 is 0. The molecule has 2 aromatic rings. The fourth-order valence-electron chi connectivity index (χ4n) is 4.39. The highest BCUT2D eigenvalue weighted by Crippen LogP contribution is 2.27. The standard InChI is InChI=1S/C22H30N4/c1-18-6-5-11-26(16-18)22-15-21(23-17-24-22)25-12-9-20(10-13-25)14-19-7-3-2-4-8-19/h2-4,7-8,15,17-18,20H,5-6,9-14,16H2,1H3. The zero-order chi connectivity index (χ0) is 17.8. The monoisotopic (exact) mass is 350 g/mol. The van der Waals surface area contributed by atoms with E-state index in [4.69, 9.17) is 0 Å². The van der Waals surface area contributed by atoms with Crippen LogP contribution in [0.4, 0.5) is 11.6 Å². The van der Waals surface area contributed by atoms with Crippen molar-refractivity contribution in [2.75, 3.05) is 36.0 Å². The van der Waals surface area contributed by atoms with E-state index in [-0.39, 0.29) is 0 Å². The molecular weight excluding hydrogens is 320 g/mol. The van der Waals surface area contributed by atoms with Crippen LogP contribution in [0.5, 0.6) is 0 Å². The molecule has 4 heteroatoms. The molecule has 2 aliphatic heterocycles. The normalized spacial score (nSPS) is 21.8. The van der Waals surface area contributed by atoms with Crippen LogP contribution in [0.1, 0.15) is 38.2 Å². The molecule has 1 aromatic carbocycles.